The molecule has 0 saturated heterocycles. The molecule has 0 spiro atoms. The second-order valence-corrected chi connectivity index (χ2v) is 4.19. The third-order valence-corrected chi connectivity index (χ3v) is 2.70. The van der Waals surface area contributed by atoms with E-state index >= 15 is 0 Å². The molecule has 5 nitrogen and oxygen atoms in total. The summed E-state index contributed by atoms with van der Waals surface area (Å²) in [6.07, 6.45) is 2.57. The molecule has 19 heavy (non-hydrogen) atoms. The second kappa shape index (κ2) is 6.04. The van der Waals surface area contributed by atoms with Gasteiger partial charge in [0.25, 0.3) is 5.91 Å². The van der Waals surface area contributed by atoms with Gasteiger partial charge in [-0.25, -0.2) is 0 Å². The Morgan fingerprint density at radius 2 is 2.26 bits per heavy atom. The number of fused-ring (bicyclic) bond motifs is 1. The Morgan fingerprint density at radius 1 is 1.42 bits per heavy atom. The van der Waals surface area contributed by atoms with Crippen LogP contribution in [0, 0.1) is 0 Å². The van der Waals surface area contributed by atoms with Crippen LogP contribution in [0.3, 0.4) is 0 Å². The predicted molar refractivity (Wildman–Crippen MR) is 75.0 cm³/mol. The van der Waals surface area contributed by atoms with E-state index in [0.717, 1.165) is 11.8 Å². The minimum absolute atomic E-state index is 0.0183. The average molecular weight is 259 g/mol. The van der Waals surface area contributed by atoms with E-state index in [1.807, 2.05) is 19.1 Å². The van der Waals surface area contributed by atoms with Crippen LogP contribution in [0.4, 0.5) is 5.69 Å². The fraction of sp³-hybridized carbons (Fsp3) is 0.286. The van der Waals surface area contributed by atoms with Gasteiger partial charge in [0.05, 0.1) is 0 Å². The first kappa shape index (κ1) is 13.1. The van der Waals surface area contributed by atoms with Gasteiger partial charge in [0.1, 0.15) is 11.3 Å². The Bertz CT molecular complexity index is 584. The van der Waals surface area contributed by atoms with Crippen molar-refractivity contribution in [1.29, 1.82) is 0 Å². The van der Waals surface area contributed by atoms with Crippen molar-refractivity contribution in [2.75, 3.05) is 18.9 Å². The molecule has 1 aromatic heterocycles. The topological polar surface area (TPSA) is 77.2 Å². The molecule has 0 atom stereocenters. The number of carbonyl (C=O) groups excluding carboxylic acids is 1. The van der Waals surface area contributed by atoms with Crippen LogP contribution in [0.25, 0.3) is 10.9 Å². The summed E-state index contributed by atoms with van der Waals surface area (Å²) in [4.78, 5) is 15.7. The summed E-state index contributed by atoms with van der Waals surface area (Å²) in [6, 6.07) is 7.18. The first-order valence-electron chi connectivity index (χ1n) is 6.25. The molecule has 1 heterocycles. The molecular formula is C14H17N3O2. The number of carbonyl (C=O) groups is 1. The molecule has 100 valence electrons. The third kappa shape index (κ3) is 3.13. The molecule has 0 aliphatic heterocycles. The fourth-order valence-electron chi connectivity index (χ4n) is 1.74. The summed E-state index contributed by atoms with van der Waals surface area (Å²) >= 11 is 0. The first-order chi connectivity index (χ1) is 9.22. The molecule has 0 saturated carbocycles. The molecule has 2 aromatic rings. The number of nitrogen functional groups attached to an aromatic ring is 1. The van der Waals surface area contributed by atoms with Crippen molar-refractivity contribution in [1.82, 2.24) is 10.3 Å². The van der Waals surface area contributed by atoms with Crippen LogP contribution >= 0.6 is 0 Å². The van der Waals surface area contributed by atoms with Crippen LogP contribution in [0.15, 0.2) is 30.5 Å². The summed E-state index contributed by atoms with van der Waals surface area (Å²) in [6.45, 7) is 2.64. The molecule has 5 heteroatoms. The van der Waals surface area contributed by atoms with Crippen LogP contribution in [0.1, 0.15) is 13.3 Å². The summed E-state index contributed by atoms with van der Waals surface area (Å²) in [7, 11) is 0. The molecule has 0 unspecified atom stereocenters. The van der Waals surface area contributed by atoms with Gasteiger partial charge in [0.2, 0.25) is 0 Å². The molecule has 0 bridgehead atoms. The lowest BCUT2D eigenvalue weighted by Crippen LogP contribution is -2.29. The van der Waals surface area contributed by atoms with Gasteiger partial charge in [-0.3, -0.25) is 9.78 Å². The number of nitrogens with two attached hydrogens (primary N) is 1. The predicted octanol–water partition coefficient (Wildman–Crippen LogP) is 1.72. The number of nitrogens with one attached hydrogen (secondary N) is 1. The van der Waals surface area contributed by atoms with Crippen molar-refractivity contribution in [3.05, 3.63) is 30.5 Å². The van der Waals surface area contributed by atoms with E-state index in [4.69, 9.17) is 10.5 Å². The minimum atomic E-state index is -0.136. The molecule has 0 fully saturated rings. The van der Waals surface area contributed by atoms with Gasteiger partial charge >= 0.3 is 0 Å². The number of nitrogens with zero attached hydrogens (tertiary/aromatic N) is 1. The van der Waals surface area contributed by atoms with E-state index in [1.54, 1.807) is 18.3 Å². The lowest BCUT2D eigenvalue weighted by molar-refractivity contribution is -0.123. The van der Waals surface area contributed by atoms with Crippen LogP contribution in [-0.2, 0) is 4.79 Å². The highest BCUT2D eigenvalue weighted by atomic mass is 16.5. The molecule has 0 radical (unpaired) electrons. The quantitative estimate of drug-likeness (QED) is 0.801. The van der Waals surface area contributed by atoms with E-state index in [0.29, 0.717) is 23.5 Å². The van der Waals surface area contributed by atoms with Crippen molar-refractivity contribution in [2.24, 2.45) is 0 Å². The zero-order valence-electron chi connectivity index (χ0n) is 10.8. The van der Waals surface area contributed by atoms with Crippen molar-refractivity contribution in [3.8, 4) is 5.75 Å². The summed E-state index contributed by atoms with van der Waals surface area (Å²) in [5.41, 5.74) is 7.19. The first-order valence-corrected chi connectivity index (χ1v) is 6.25. The Morgan fingerprint density at radius 3 is 3.05 bits per heavy atom. The molecule has 3 N–H and O–H groups in total. The van der Waals surface area contributed by atoms with Gasteiger partial charge in [-0.1, -0.05) is 6.92 Å². The highest BCUT2D eigenvalue weighted by molar-refractivity contribution is 5.94. The summed E-state index contributed by atoms with van der Waals surface area (Å²) in [5.74, 6) is 0.430. The summed E-state index contributed by atoms with van der Waals surface area (Å²) < 4.78 is 5.50. The lowest BCUT2D eigenvalue weighted by atomic mass is 10.2. The van der Waals surface area contributed by atoms with Crippen LogP contribution < -0.4 is 15.8 Å². The van der Waals surface area contributed by atoms with Crippen LogP contribution in [-0.4, -0.2) is 24.0 Å². The average Bonchev–Trinajstić information content (AvgIpc) is 2.45. The Kier molecular flexibility index (Phi) is 4.18. The monoisotopic (exact) mass is 259 g/mol. The number of aromatic nitrogens is 1. The summed E-state index contributed by atoms with van der Waals surface area (Å²) in [5, 5.41) is 3.58. The smallest absolute Gasteiger partial charge is 0.257 e. The van der Waals surface area contributed by atoms with E-state index in [1.165, 1.54) is 0 Å². The van der Waals surface area contributed by atoms with Gasteiger partial charge < -0.3 is 15.8 Å². The van der Waals surface area contributed by atoms with Crippen molar-refractivity contribution in [2.45, 2.75) is 13.3 Å². The molecular weight excluding hydrogens is 242 g/mol. The van der Waals surface area contributed by atoms with E-state index < -0.39 is 0 Å². The largest absolute Gasteiger partial charge is 0.481 e. The van der Waals surface area contributed by atoms with E-state index in [2.05, 4.69) is 10.3 Å². The zero-order valence-corrected chi connectivity index (χ0v) is 10.8. The lowest BCUT2D eigenvalue weighted by Gasteiger charge is -2.10. The van der Waals surface area contributed by atoms with Crippen LogP contribution in [0.2, 0.25) is 0 Å². The van der Waals surface area contributed by atoms with E-state index in [-0.39, 0.29) is 12.5 Å². The minimum Gasteiger partial charge on any atom is -0.481 e. The molecule has 0 aliphatic carbocycles. The number of benzene rings is 1. The standard InChI is InChI=1S/C14H17N3O2/c1-2-7-16-13(18)9-19-12-6-5-11(15)10-4-3-8-17-14(10)12/h3-6,8H,2,7,9,15H2,1H3,(H,16,18). The van der Waals surface area contributed by atoms with Crippen molar-refractivity contribution in [3.63, 3.8) is 0 Å². The molecule has 0 aliphatic rings. The maximum atomic E-state index is 11.5. The fourth-order valence-corrected chi connectivity index (χ4v) is 1.74. The molecule has 1 amide bonds. The van der Waals surface area contributed by atoms with Crippen LogP contribution in [0.5, 0.6) is 5.75 Å². The number of amides is 1. The maximum absolute atomic E-state index is 11.5. The maximum Gasteiger partial charge on any atom is 0.257 e. The Hall–Kier alpha value is -2.30. The third-order valence-electron chi connectivity index (χ3n) is 2.70. The second-order valence-electron chi connectivity index (χ2n) is 4.19. The Labute approximate surface area is 111 Å². The zero-order chi connectivity index (χ0) is 13.7. The normalized spacial score (nSPS) is 10.4. The number of anilines is 1. The Balaban J connectivity index is 2.13. The number of hydrogen-bond donors (Lipinski definition) is 2. The number of ether oxygens (including phenoxy) is 1. The highest BCUT2D eigenvalue weighted by Crippen LogP contribution is 2.27. The molecule has 2 rings (SSSR count). The van der Waals surface area contributed by atoms with Crippen molar-refractivity contribution >= 4 is 22.5 Å². The van der Waals surface area contributed by atoms with Gasteiger partial charge in [-0.15, -0.1) is 0 Å². The van der Waals surface area contributed by atoms with Gasteiger partial charge in [-0.05, 0) is 30.7 Å². The molecule has 1 aromatic carbocycles. The number of pyridine rings is 1. The number of hydrogen-bond acceptors (Lipinski definition) is 4. The van der Waals surface area contributed by atoms with E-state index in [9.17, 15) is 4.79 Å². The van der Waals surface area contributed by atoms with Gasteiger partial charge in [0, 0.05) is 23.8 Å². The van der Waals surface area contributed by atoms with Gasteiger partial charge in [-0.2, -0.15) is 0 Å². The van der Waals surface area contributed by atoms with Crippen molar-refractivity contribution < 1.29 is 9.53 Å². The van der Waals surface area contributed by atoms with Gasteiger partial charge in [0.15, 0.2) is 6.61 Å². The SMILES string of the molecule is CCCNC(=O)COc1ccc(N)c2cccnc12. The number of rotatable bonds is 5. The highest BCUT2D eigenvalue weighted by Gasteiger charge is 2.08.